The number of carbonyl (C=O) groups excluding carboxylic acids is 1. The zero-order valence-corrected chi connectivity index (χ0v) is 21.6. The Morgan fingerprint density at radius 2 is 1.91 bits per heavy atom. The van der Waals surface area contributed by atoms with Crippen LogP contribution < -0.4 is 15.4 Å². The lowest BCUT2D eigenvalue weighted by molar-refractivity contribution is 0.0936. The molecule has 6 nitrogen and oxygen atoms in total. The summed E-state index contributed by atoms with van der Waals surface area (Å²) in [7, 11) is 1.65. The normalized spacial score (nSPS) is 18.6. The second-order valence-corrected chi connectivity index (χ2v) is 10.5. The molecule has 2 N–H and O–H groups in total. The van der Waals surface area contributed by atoms with Crippen LogP contribution in [0.3, 0.4) is 0 Å². The number of rotatable bonds is 9. The van der Waals surface area contributed by atoms with Gasteiger partial charge in [-0.1, -0.05) is 45.2 Å². The Balaban J connectivity index is 1.89. The lowest BCUT2D eigenvalue weighted by Gasteiger charge is -2.26. The number of benzene rings is 1. The molecule has 1 aliphatic carbocycles. The standard InChI is InChI=1S/C26H39ClN4O2/c1-16(2)15-31-25(21-12-11-20(29-17(3)4)13-22(21)33-6)23(27)24(30-31)26(32)28-14-19-9-7-18(5)8-10-19/h11-13,16-19,29H,7-10,14-15H2,1-6H3,(H,28,32). The number of nitrogens with one attached hydrogen (secondary N) is 2. The van der Waals surface area contributed by atoms with Crippen LogP contribution in [0.4, 0.5) is 5.69 Å². The van der Waals surface area contributed by atoms with E-state index in [0.29, 0.717) is 41.7 Å². The number of hydrogen-bond donors (Lipinski definition) is 2. The van der Waals surface area contributed by atoms with E-state index in [-0.39, 0.29) is 11.6 Å². The molecule has 0 unspecified atom stereocenters. The van der Waals surface area contributed by atoms with Gasteiger partial charge in [-0.2, -0.15) is 5.10 Å². The number of hydrogen-bond acceptors (Lipinski definition) is 4. The number of anilines is 1. The number of amides is 1. The van der Waals surface area contributed by atoms with E-state index in [1.807, 2.05) is 22.9 Å². The molecule has 7 heteroatoms. The van der Waals surface area contributed by atoms with Gasteiger partial charge in [-0.25, -0.2) is 0 Å². The van der Waals surface area contributed by atoms with Crippen LogP contribution in [-0.4, -0.2) is 35.4 Å². The van der Waals surface area contributed by atoms with E-state index >= 15 is 0 Å². The fourth-order valence-electron chi connectivity index (χ4n) is 4.48. The highest BCUT2D eigenvalue weighted by molar-refractivity contribution is 6.36. The number of nitrogens with zero attached hydrogens (tertiary/aromatic N) is 2. The number of ether oxygens (including phenoxy) is 1. The molecule has 1 amide bonds. The number of aromatic nitrogens is 2. The molecule has 1 heterocycles. The van der Waals surface area contributed by atoms with E-state index in [1.54, 1.807) is 7.11 Å². The predicted molar refractivity (Wildman–Crippen MR) is 136 cm³/mol. The third-order valence-corrected chi connectivity index (χ3v) is 6.60. The topological polar surface area (TPSA) is 68.2 Å². The van der Waals surface area contributed by atoms with Crippen LogP contribution in [-0.2, 0) is 6.54 Å². The van der Waals surface area contributed by atoms with Crippen molar-refractivity contribution in [2.45, 2.75) is 72.9 Å². The van der Waals surface area contributed by atoms with Gasteiger partial charge in [0.1, 0.15) is 5.75 Å². The van der Waals surface area contributed by atoms with Crippen LogP contribution in [0.2, 0.25) is 5.02 Å². The van der Waals surface area contributed by atoms with E-state index in [2.05, 4.69) is 50.4 Å². The lowest BCUT2D eigenvalue weighted by Crippen LogP contribution is -2.31. The Hall–Kier alpha value is -2.21. The average Bonchev–Trinajstić information content (AvgIpc) is 3.07. The van der Waals surface area contributed by atoms with E-state index < -0.39 is 0 Å². The highest BCUT2D eigenvalue weighted by Gasteiger charge is 2.26. The Morgan fingerprint density at radius 1 is 1.21 bits per heavy atom. The first-order chi connectivity index (χ1) is 15.7. The first-order valence-corrected chi connectivity index (χ1v) is 12.6. The molecule has 0 saturated heterocycles. The van der Waals surface area contributed by atoms with Crippen molar-refractivity contribution >= 4 is 23.2 Å². The van der Waals surface area contributed by atoms with Crippen LogP contribution in [0.15, 0.2) is 18.2 Å². The zero-order valence-electron chi connectivity index (χ0n) is 20.9. The third kappa shape index (κ3) is 6.44. The summed E-state index contributed by atoms with van der Waals surface area (Å²) in [6.07, 6.45) is 4.79. The summed E-state index contributed by atoms with van der Waals surface area (Å²) in [5, 5.41) is 11.5. The van der Waals surface area contributed by atoms with Gasteiger partial charge in [-0.15, -0.1) is 0 Å². The van der Waals surface area contributed by atoms with Gasteiger partial charge in [0.2, 0.25) is 0 Å². The fourth-order valence-corrected chi connectivity index (χ4v) is 4.81. The second kappa shape index (κ2) is 11.3. The maximum atomic E-state index is 13.1. The quantitative estimate of drug-likeness (QED) is 0.451. The molecular formula is C26H39ClN4O2. The van der Waals surface area contributed by atoms with Gasteiger partial charge < -0.3 is 15.4 Å². The van der Waals surface area contributed by atoms with Crippen molar-refractivity contribution in [3.05, 3.63) is 28.9 Å². The van der Waals surface area contributed by atoms with Gasteiger partial charge in [-0.05, 0) is 56.6 Å². The summed E-state index contributed by atoms with van der Waals surface area (Å²) < 4.78 is 7.55. The summed E-state index contributed by atoms with van der Waals surface area (Å²) in [5.74, 6) is 2.14. The van der Waals surface area contributed by atoms with Crippen molar-refractivity contribution in [2.75, 3.05) is 19.0 Å². The van der Waals surface area contributed by atoms with Gasteiger partial charge in [0, 0.05) is 36.4 Å². The van der Waals surface area contributed by atoms with Crippen LogP contribution in [0.1, 0.15) is 70.8 Å². The first kappa shape index (κ1) is 25.4. The van der Waals surface area contributed by atoms with Crippen molar-refractivity contribution in [1.82, 2.24) is 15.1 Å². The van der Waals surface area contributed by atoms with Gasteiger partial charge in [-0.3, -0.25) is 9.48 Å². The summed E-state index contributed by atoms with van der Waals surface area (Å²) in [5.41, 5.74) is 2.79. The lowest BCUT2D eigenvalue weighted by atomic mass is 9.83. The number of halogens is 1. The van der Waals surface area contributed by atoms with E-state index in [9.17, 15) is 4.79 Å². The van der Waals surface area contributed by atoms with E-state index in [0.717, 1.165) is 35.7 Å². The molecular weight excluding hydrogens is 436 g/mol. The van der Waals surface area contributed by atoms with Crippen LogP contribution in [0, 0.1) is 17.8 Å². The van der Waals surface area contributed by atoms with Crippen molar-refractivity contribution in [3.63, 3.8) is 0 Å². The molecule has 0 bridgehead atoms. The summed E-state index contributed by atoms with van der Waals surface area (Å²) in [6, 6.07) is 6.25. The van der Waals surface area contributed by atoms with E-state index in [4.69, 9.17) is 16.3 Å². The molecule has 3 rings (SSSR count). The summed E-state index contributed by atoms with van der Waals surface area (Å²) in [4.78, 5) is 13.1. The van der Waals surface area contributed by atoms with Crippen LogP contribution in [0.5, 0.6) is 5.75 Å². The maximum Gasteiger partial charge on any atom is 0.273 e. The minimum atomic E-state index is -0.209. The van der Waals surface area contributed by atoms with Crippen LogP contribution in [0.25, 0.3) is 11.3 Å². The number of methoxy groups -OCH3 is 1. The summed E-state index contributed by atoms with van der Waals surface area (Å²) >= 11 is 6.82. The Labute approximate surface area is 203 Å². The largest absolute Gasteiger partial charge is 0.496 e. The van der Waals surface area contributed by atoms with Crippen molar-refractivity contribution in [1.29, 1.82) is 0 Å². The molecule has 1 aromatic carbocycles. The molecule has 1 aromatic heterocycles. The monoisotopic (exact) mass is 474 g/mol. The van der Waals surface area contributed by atoms with E-state index in [1.165, 1.54) is 12.8 Å². The van der Waals surface area contributed by atoms with Crippen molar-refractivity contribution in [2.24, 2.45) is 17.8 Å². The molecule has 1 fully saturated rings. The van der Waals surface area contributed by atoms with Crippen LogP contribution >= 0.6 is 11.6 Å². The van der Waals surface area contributed by atoms with Crippen molar-refractivity contribution < 1.29 is 9.53 Å². The zero-order chi connectivity index (χ0) is 24.1. The molecule has 182 valence electrons. The first-order valence-electron chi connectivity index (χ1n) is 12.2. The molecule has 1 aliphatic rings. The molecule has 0 spiro atoms. The molecule has 33 heavy (non-hydrogen) atoms. The Kier molecular flexibility index (Phi) is 8.69. The van der Waals surface area contributed by atoms with Gasteiger partial charge >= 0.3 is 0 Å². The fraction of sp³-hybridized carbons (Fsp3) is 0.615. The summed E-state index contributed by atoms with van der Waals surface area (Å²) in [6.45, 7) is 12.1. The second-order valence-electron chi connectivity index (χ2n) is 10.1. The molecule has 2 aromatic rings. The molecule has 1 saturated carbocycles. The van der Waals surface area contributed by atoms with Gasteiger partial charge in [0.15, 0.2) is 5.69 Å². The minimum Gasteiger partial charge on any atom is -0.496 e. The SMILES string of the molecule is COc1cc(NC(C)C)ccc1-c1c(Cl)c(C(=O)NCC2CCC(C)CC2)nn1CC(C)C. The molecule has 0 radical (unpaired) electrons. The third-order valence-electron chi connectivity index (χ3n) is 6.25. The predicted octanol–water partition coefficient (Wildman–Crippen LogP) is 6.24. The number of carbonyl (C=O) groups is 1. The van der Waals surface area contributed by atoms with Crippen molar-refractivity contribution in [3.8, 4) is 17.0 Å². The smallest absolute Gasteiger partial charge is 0.273 e. The maximum absolute atomic E-state index is 13.1. The Bertz CT molecular complexity index is 946. The molecule has 0 atom stereocenters. The Morgan fingerprint density at radius 3 is 2.52 bits per heavy atom. The highest BCUT2D eigenvalue weighted by atomic mass is 35.5. The minimum absolute atomic E-state index is 0.209. The van der Waals surface area contributed by atoms with Gasteiger partial charge in [0.05, 0.1) is 17.8 Å². The molecule has 0 aliphatic heterocycles. The van der Waals surface area contributed by atoms with Gasteiger partial charge in [0.25, 0.3) is 5.91 Å². The average molecular weight is 475 g/mol. The highest BCUT2D eigenvalue weighted by Crippen LogP contribution is 2.39.